The van der Waals surface area contributed by atoms with Crippen LogP contribution < -0.4 is 14.4 Å². The second-order valence-corrected chi connectivity index (χ2v) is 7.78. The summed E-state index contributed by atoms with van der Waals surface area (Å²) in [5.41, 5.74) is 1.97. The molecule has 1 saturated heterocycles. The van der Waals surface area contributed by atoms with E-state index in [0.717, 1.165) is 23.0 Å². The predicted octanol–water partition coefficient (Wildman–Crippen LogP) is 2.32. The highest BCUT2D eigenvalue weighted by Gasteiger charge is 2.23. The van der Waals surface area contributed by atoms with Crippen LogP contribution in [0.2, 0.25) is 0 Å². The van der Waals surface area contributed by atoms with Crippen molar-refractivity contribution in [1.82, 2.24) is 24.6 Å². The first kappa shape index (κ1) is 21.6. The topological polar surface area (TPSA) is 85.6 Å². The molecule has 0 N–H and O–H groups in total. The summed E-state index contributed by atoms with van der Waals surface area (Å²) in [4.78, 5) is 25.8. The van der Waals surface area contributed by atoms with Gasteiger partial charge in [-0.3, -0.25) is 4.79 Å². The number of hydrogen-bond donors (Lipinski definition) is 0. The average Bonchev–Trinajstić information content (AvgIpc) is 3.15. The molecule has 0 radical (unpaired) electrons. The van der Waals surface area contributed by atoms with Crippen molar-refractivity contribution in [1.29, 1.82) is 0 Å². The fraction of sp³-hybridized carbons (Fsp3) is 0.391. The monoisotopic (exact) mass is 436 g/mol. The van der Waals surface area contributed by atoms with Crippen LogP contribution in [0.1, 0.15) is 17.2 Å². The number of carbonyl (C=O) groups is 1. The van der Waals surface area contributed by atoms with Crippen molar-refractivity contribution in [2.75, 3.05) is 44.8 Å². The van der Waals surface area contributed by atoms with E-state index >= 15 is 0 Å². The number of para-hydroxylation sites is 2. The standard InChI is InChI=1S/C23H28N6O3/c1-16-13-17(2)29(26-16)22-14-21(24-18(3)25-22)27-9-11-28(12-10-27)23(30)15-32-20-8-6-5-7-19(20)31-4/h5-8,13-14H,9-12,15H2,1-4H3. The summed E-state index contributed by atoms with van der Waals surface area (Å²) in [5, 5.41) is 4.53. The van der Waals surface area contributed by atoms with Gasteiger partial charge in [0.1, 0.15) is 11.6 Å². The van der Waals surface area contributed by atoms with Crippen molar-refractivity contribution in [3.05, 3.63) is 53.6 Å². The Morgan fingerprint density at radius 3 is 2.31 bits per heavy atom. The number of ether oxygens (including phenoxy) is 2. The van der Waals surface area contributed by atoms with Crippen LogP contribution in [0.5, 0.6) is 11.5 Å². The van der Waals surface area contributed by atoms with E-state index in [4.69, 9.17) is 9.47 Å². The first-order valence-electron chi connectivity index (χ1n) is 10.6. The number of amides is 1. The van der Waals surface area contributed by atoms with Crippen LogP contribution in [-0.2, 0) is 4.79 Å². The Bertz CT molecular complexity index is 1100. The molecule has 9 nitrogen and oxygen atoms in total. The quantitative estimate of drug-likeness (QED) is 0.586. The second-order valence-electron chi connectivity index (χ2n) is 7.78. The summed E-state index contributed by atoms with van der Waals surface area (Å²) >= 11 is 0. The van der Waals surface area contributed by atoms with E-state index in [1.807, 2.05) is 60.7 Å². The third kappa shape index (κ3) is 4.66. The Balaban J connectivity index is 1.38. The molecule has 1 amide bonds. The van der Waals surface area contributed by atoms with Gasteiger partial charge in [0.15, 0.2) is 23.9 Å². The lowest BCUT2D eigenvalue weighted by Crippen LogP contribution is -2.50. The maximum atomic E-state index is 12.7. The fourth-order valence-electron chi connectivity index (χ4n) is 3.82. The van der Waals surface area contributed by atoms with Gasteiger partial charge in [0.2, 0.25) is 0 Å². The first-order valence-corrected chi connectivity index (χ1v) is 10.6. The highest BCUT2D eigenvalue weighted by Crippen LogP contribution is 2.26. The highest BCUT2D eigenvalue weighted by atomic mass is 16.5. The zero-order valence-corrected chi connectivity index (χ0v) is 18.9. The Labute approximate surface area is 187 Å². The Kier molecular flexibility index (Phi) is 6.25. The van der Waals surface area contributed by atoms with Crippen molar-refractivity contribution < 1.29 is 14.3 Å². The third-order valence-corrected chi connectivity index (χ3v) is 5.41. The Hall–Kier alpha value is -3.62. The van der Waals surface area contributed by atoms with Crippen LogP contribution >= 0.6 is 0 Å². The van der Waals surface area contributed by atoms with Crippen LogP contribution in [0.25, 0.3) is 5.82 Å². The SMILES string of the molecule is COc1ccccc1OCC(=O)N1CCN(c2cc(-n3nc(C)cc3C)nc(C)n2)CC1. The van der Waals surface area contributed by atoms with Gasteiger partial charge in [0, 0.05) is 37.9 Å². The molecule has 3 aromatic rings. The zero-order valence-electron chi connectivity index (χ0n) is 18.9. The molecule has 0 saturated carbocycles. The van der Waals surface area contributed by atoms with Crippen LogP contribution in [0, 0.1) is 20.8 Å². The van der Waals surface area contributed by atoms with Gasteiger partial charge >= 0.3 is 0 Å². The molecule has 0 bridgehead atoms. The molecular formula is C23H28N6O3. The molecule has 0 spiro atoms. The molecule has 3 heterocycles. The minimum atomic E-state index is -0.0437. The molecule has 0 unspecified atom stereocenters. The highest BCUT2D eigenvalue weighted by molar-refractivity contribution is 5.78. The molecule has 168 valence electrons. The van der Waals surface area contributed by atoms with Gasteiger partial charge in [-0.05, 0) is 39.0 Å². The Morgan fingerprint density at radius 1 is 0.969 bits per heavy atom. The molecule has 0 aliphatic carbocycles. The van der Waals surface area contributed by atoms with Gasteiger partial charge in [-0.15, -0.1) is 0 Å². The van der Waals surface area contributed by atoms with E-state index in [1.165, 1.54) is 0 Å². The number of benzene rings is 1. The summed E-state index contributed by atoms with van der Waals surface area (Å²) < 4.78 is 12.8. The van der Waals surface area contributed by atoms with E-state index in [1.54, 1.807) is 13.2 Å². The summed E-state index contributed by atoms with van der Waals surface area (Å²) in [6.07, 6.45) is 0. The number of hydrogen-bond acceptors (Lipinski definition) is 7. The zero-order chi connectivity index (χ0) is 22.7. The number of nitrogens with zero attached hydrogens (tertiary/aromatic N) is 6. The van der Waals surface area contributed by atoms with Crippen molar-refractivity contribution in [2.45, 2.75) is 20.8 Å². The number of methoxy groups -OCH3 is 1. The molecule has 4 rings (SSSR count). The molecule has 32 heavy (non-hydrogen) atoms. The van der Waals surface area contributed by atoms with Crippen molar-refractivity contribution in [3.8, 4) is 17.3 Å². The Morgan fingerprint density at radius 2 is 1.66 bits per heavy atom. The van der Waals surface area contributed by atoms with Crippen LogP contribution in [0.4, 0.5) is 5.82 Å². The third-order valence-electron chi connectivity index (χ3n) is 5.41. The summed E-state index contributed by atoms with van der Waals surface area (Å²) in [6.45, 7) is 8.42. The second kappa shape index (κ2) is 9.25. The largest absolute Gasteiger partial charge is 0.493 e. The first-order chi connectivity index (χ1) is 15.4. The number of carbonyl (C=O) groups excluding carboxylic acids is 1. The molecule has 2 aromatic heterocycles. The van der Waals surface area contributed by atoms with Crippen molar-refractivity contribution >= 4 is 11.7 Å². The lowest BCUT2D eigenvalue weighted by atomic mass is 10.3. The van der Waals surface area contributed by atoms with E-state index in [9.17, 15) is 4.79 Å². The lowest BCUT2D eigenvalue weighted by Gasteiger charge is -2.35. The van der Waals surface area contributed by atoms with Crippen LogP contribution in [0.3, 0.4) is 0 Å². The lowest BCUT2D eigenvalue weighted by molar-refractivity contribution is -0.133. The van der Waals surface area contributed by atoms with Gasteiger partial charge in [-0.1, -0.05) is 12.1 Å². The number of rotatable bonds is 6. The number of piperazine rings is 1. The van der Waals surface area contributed by atoms with Gasteiger partial charge in [-0.25, -0.2) is 14.6 Å². The van der Waals surface area contributed by atoms with Crippen molar-refractivity contribution in [2.24, 2.45) is 0 Å². The average molecular weight is 437 g/mol. The molecule has 9 heteroatoms. The van der Waals surface area contributed by atoms with E-state index in [0.29, 0.717) is 43.5 Å². The van der Waals surface area contributed by atoms with Crippen molar-refractivity contribution in [3.63, 3.8) is 0 Å². The fourth-order valence-corrected chi connectivity index (χ4v) is 3.82. The normalized spacial score (nSPS) is 13.9. The van der Waals surface area contributed by atoms with Gasteiger partial charge in [0.05, 0.1) is 12.8 Å². The minimum absolute atomic E-state index is 0.0188. The number of aryl methyl sites for hydroxylation is 3. The molecule has 1 aliphatic heterocycles. The summed E-state index contributed by atoms with van der Waals surface area (Å²) in [7, 11) is 1.58. The number of anilines is 1. The molecular weight excluding hydrogens is 408 g/mol. The number of aromatic nitrogens is 4. The molecule has 0 atom stereocenters. The summed E-state index contributed by atoms with van der Waals surface area (Å²) in [6, 6.07) is 11.3. The maximum absolute atomic E-state index is 12.7. The molecule has 1 aliphatic rings. The van der Waals surface area contributed by atoms with E-state index in [-0.39, 0.29) is 12.5 Å². The van der Waals surface area contributed by atoms with Crippen LogP contribution in [-0.4, -0.2) is 70.5 Å². The van der Waals surface area contributed by atoms with Gasteiger partial charge < -0.3 is 19.3 Å². The molecule has 1 aromatic carbocycles. The van der Waals surface area contributed by atoms with Gasteiger partial charge in [-0.2, -0.15) is 5.10 Å². The maximum Gasteiger partial charge on any atom is 0.260 e. The van der Waals surface area contributed by atoms with E-state index < -0.39 is 0 Å². The minimum Gasteiger partial charge on any atom is -0.493 e. The predicted molar refractivity (Wildman–Crippen MR) is 121 cm³/mol. The smallest absolute Gasteiger partial charge is 0.260 e. The summed E-state index contributed by atoms with van der Waals surface area (Å²) in [5.74, 6) is 3.42. The van der Waals surface area contributed by atoms with Gasteiger partial charge in [0.25, 0.3) is 5.91 Å². The molecule has 1 fully saturated rings. The van der Waals surface area contributed by atoms with Crippen LogP contribution in [0.15, 0.2) is 36.4 Å². The van der Waals surface area contributed by atoms with E-state index in [2.05, 4.69) is 20.0 Å².